The van der Waals surface area contributed by atoms with Crippen LogP contribution in [0.2, 0.25) is 0 Å². The first kappa shape index (κ1) is 22.0. The third-order valence-electron chi connectivity index (χ3n) is 6.18. The van der Waals surface area contributed by atoms with Crippen LogP contribution >= 0.6 is 0 Å². The number of nitrogens with zero attached hydrogens (tertiary/aromatic N) is 2. The molecular weight excluding hydrogens is 452 g/mol. The van der Waals surface area contributed by atoms with Gasteiger partial charge >= 0.3 is 5.69 Å². The molecule has 0 unspecified atom stereocenters. The van der Waals surface area contributed by atoms with E-state index >= 15 is 0 Å². The third-order valence-corrected chi connectivity index (χ3v) is 7.58. The summed E-state index contributed by atoms with van der Waals surface area (Å²) in [7, 11) is -3.69. The van der Waals surface area contributed by atoms with E-state index in [1.807, 2.05) is 24.3 Å². The smallest absolute Gasteiger partial charge is 0.326 e. The van der Waals surface area contributed by atoms with Gasteiger partial charge in [-0.1, -0.05) is 30.3 Å². The molecule has 9 heteroatoms. The van der Waals surface area contributed by atoms with Gasteiger partial charge in [-0.15, -0.1) is 0 Å². The van der Waals surface area contributed by atoms with Crippen LogP contribution in [0.1, 0.15) is 29.2 Å². The fourth-order valence-electron chi connectivity index (χ4n) is 4.44. The van der Waals surface area contributed by atoms with Crippen molar-refractivity contribution in [2.45, 2.75) is 23.8 Å². The zero-order valence-corrected chi connectivity index (χ0v) is 19.2. The summed E-state index contributed by atoms with van der Waals surface area (Å²) in [6, 6.07) is 22.2. The number of sulfonamides is 1. The Kier molecular flexibility index (Phi) is 5.70. The van der Waals surface area contributed by atoms with Crippen molar-refractivity contribution < 1.29 is 13.2 Å². The minimum absolute atomic E-state index is 0.0301. The lowest BCUT2D eigenvalue weighted by molar-refractivity contribution is 0.0695. The number of fused-ring (bicyclic) bond motifs is 1. The molecule has 34 heavy (non-hydrogen) atoms. The summed E-state index contributed by atoms with van der Waals surface area (Å²) >= 11 is 0. The number of likely N-dealkylation sites (tertiary alicyclic amines) is 1. The molecule has 0 radical (unpaired) electrons. The third kappa shape index (κ3) is 4.22. The van der Waals surface area contributed by atoms with Crippen molar-refractivity contribution in [2.75, 3.05) is 17.8 Å². The maximum atomic E-state index is 13.0. The lowest BCUT2D eigenvalue weighted by atomic mass is 10.0. The molecule has 1 amide bonds. The summed E-state index contributed by atoms with van der Waals surface area (Å²) in [5.41, 5.74) is 2.45. The predicted molar refractivity (Wildman–Crippen MR) is 130 cm³/mol. The summed E-state index contributed by atoms with van der Waals surface area (Å²) < 4.78 is 29.3. The van der Waals surface area contributed by atoms with Gasteiger partial charge in [-0.2, -0.15) is 0 Å². The number of carbonyl (C=O) groups is 1. The molecular formula is C25H24N4O4S. The van der Waals surface area contributed by atoms with Crippen molar-refractivity contribution in [1.82, 2.24) is 14.5 Å². The van der Waals surface area contributed by atoms with Gasteiger partial charge < -0.3 is 9.88 Å². The lowest BCUT2D eigenvalue weighted by Crippen LogP contribution is -2.40. The highest BCUT2D eigenvalue weighted by atomic mass is 32.2. The van der Waals surface area contributed by atoms with Crippen LogP contribution in [0.25, 0.3) is 11.0 Å². The Hall–Kier alpha value is -3.85. The SMILES string of the molecule is O=C(c1ccc(NS(=O)(=O)c2ccccc2)cc1)N1CCC(n2c(=O)[nH]c3ccccc32)CC1. The highest BCUT2D eigenvalue weighted by Gasteiger charge is 2.26. The van der Waals surface area contributed by atoms with Gasteiger partial charge in [-0.25, -0.2) is 13.2 Å². The maximum Gasteiger partial charge on any atom is 0.326 e. The molecule has 4 aromatic rings. The molecule has 1 aromatic heterocycles. The predicted octanol–water partition coefficient (Wildman–Crippen LogP) is 3.61. The van der Waals surface area contributed by atoms with E-state index in [0.717, 1.165) is 11.0 Å². The molecule has 8 nitrogen and oxygen atoms in total. The average molecular weight is 477 g/mol. The van der Waals surface area contributed by atoms with Crippen LogP contribution in [0.15, 0.2) is 88.6 Å². The van der Waals surface area contributed by atoms with Crippen molar-refractivity contribution in [1.29, 1.82) is 0 Å². The Morgan fingerprint density at radius 3 is 2.24 bits per heavy atom. The van der Waals surface area contributed by atoms with Crippen LogP contribution in [0.3, 0.4) is 0 Å². The Bertz CT molecular complexity index is 1480. The van der Waals surface area contributed by atoms with E-state index in [0.29, 0.717) is 37.2 Å². The van der Waals surface area contributed by atoms with Gasteiger partial charge in [-0.3, -0.25) is 14.1 Å². The number of carbonyl (C=O) groups excluding carboxylic acids is 1. The zero-order chi connectivity index (χ0) is 23.7. The number of hydrogen-bond donors (Lipinski definition) is 2. The molecule has 174 valence electrons. The fourth-order valence-corrected chi connectivity index (χ4v) is 5.52. The second-order valence-corrected chi connectivity index (χ2v) is 10.0. The van der Waals surface area contributed by atoms with Gasteiger partial charge in [0.2, 0.25) is 0 Å². The van der Waals surface area contributed by atoms with Crippen LogP contribution < -0.4 is 10.4 Å². The Morgan fingerprint density at radius 2 is 1.53 bits per heavy atom. The lowest BCUT2D eigenvalue weighted by Gasteiger charge is -2.32. The number of H-pyrrole nitrogens is 1. The van der Waals surface area contributed by atoms with Crippen molar-refractivity contribution in [3.05, 3.63) is 94.9 Å². The number of nitrogens with one attached hydrogen (secondary N) is 2. The molecule has 0 bridgehead atoms. The topological polar surface area (TPSA) is 104 Å². The molecule has 2 N–H and O–H groups in total. The highest BCUT2D eigenvalue weighted by Crippen LogP contribution is 2.26. The van der Waals surface area contributed by atoms with E-state index in [2.05, 4.69) is 9.71 Å². The quantitative estimate of drug-likeness (QED) is 0.459. The molecule has 0 spiro atoms. The molecule has 2 heterocycles. The number of rotatable bonds is 5. The molecule has 1 fully saturated rings. The summed E-state index contributed by atoms with van der Waals surface area (Å²) in [5, 5.41) is 0. The van der Waals surface area contributed by atoms with Crippen LogP contribution in [-0.2, 0) is 10.0 Å². The normalized spacial score (nSPS) is 14.9. The summed E-state index contributed by atoms with van der Waals surface area (Å²) in [6.07, 6.45) is 1.37. The standard InChI is InChI=1S/C25H24N4O4S/c30-24(18-10-12-19(13-11-18)27-34(32,33)21-6-2-1-3-7-21)28-16-14-20(15-17-28)29-23-9-5-4-8-22(23)26-25(29)31/h1-13,20,27H,14-17H2,(H,26,31). The van der Waals surface area contributed by atoms with E-state index in [9.17, 15) is 18.0 Å². The van der Waals surface area contributed by atoms with Crippen LogP contribution in [-0.4, -0.2) is 41.9 Å². The molecule has 1 aliphatic heterocycles. The number of anilines is 1. The Balaban J connectivity index is 1.24. The summed E-state index contributed by atoms with van der Waals surface area (Å²) in [4.78, 5) is 30.3. The number of piperidine rings is 1. The first-order chi connectivity index (χ1) is 16.4. The van der Waals surface area contributed by atoms with Gasteiger partial charge in [0.05, 0.1) is 15.9 Å². The minimum Gasteiger partial charge on any atom is -0.338 e. The van der Waals surface area contributed by atoms with E-state index < -0.39 is 10.0 Å². The molecule has 0 aliphatic carbocycles. The van der Waals surface area contributed by atoms with E-state index in [-0.39, 0.29) is 22.5 Å². The molecule has 1 aliphatic rings. The summed E-state index contributed by atoms with van der Waals surface area (Å²) in [5.74, 6) is -0.109. The largest absolute Gasteiger partial charge is 0.338 e. The second kappa shape index (κ2) is 8.83. The van der Waals surface area contributed by atoms with Crippen molar-refractivity contribution in [3.63, 3.8) is 0 Å². The van der Waals surface area contributed by atoms with E-state index in [1.165, 1.54) is 12.1 Å². The number of para-hydroxylation sites is 2. The Morgan fingerprint density at radius 1 is 0.882 bits per heavy atom. The first-order valence-corrected chi connectivity index (χ1v) is 12.6. The minimum atomic E-state index is -3.69. The molecule has 0 saturated carbocycles. The molecule has 0 atom stereocenters. The molecule has 5 rings (SSSR count). The van der Waals surface area contributed by atoms with Crippen molar-refractivity contribution >= 4 is 32.7 Å². The number of amides is 1. The molecule has 3 aromatic carbocycles. The number of imidazole rings is 1. The Labute approximate surface area is 196 Å². The van der Waals surface area contributed by atoms with Crippen LogP contribution in [0.4, 0.5) is 5.69 Å². The van der Waals surface area contributed by atoms with Crippen molar-refractivity contribution in [2.24, 2.45) is 0 Å². The van der Waals surface area contributed by atoms with Crippen LogP contribution in [0.5, 0.6) is 0 Å². The highest BCUT2D eigenvalue weighted by molar-refractivity contribution is 7.92. The number of hydrogen-bond acceptors (Lipinski definition) is 4. The molecule has 1 saturated heterocycles. The zero-order valence-electron chi connectivity index (χ0n) is 18.3. The number of aromatic nitrogens is 2. The van der Waals surface area contributed by atoms with Crippen molar-refractivity contribution in [3.8, 4) is 0 Å². The van der Waals surface area contributed by atoms with Gasteiger partial charge in [-0.05, 0) is 61.4 Å². The first-order valence-electron chi connectivity index (χ1n) is 11.1. The number of benzene rings is 3. The van der Waals surface area contributed by atoms with Gasteiger partial charge in [0.25, 0.3) is 15.9 Å². The van der Waals surface area contributed by atoms with Gasteiger partial charge in [0.15, 0.2) is 0 Å². The van der Waals surface area contributed by atoms with E-state index in [1.54, 1.807) is 51.9 Å². The van der Waals surface area contributed by atoms with E-state index in [4.69, 9.17) is 0 Å². The summed E-state index contributed by atoms with van der Waals surface area (Å²) in [6.45, 7) is 1.08. The monoisotopic (exact) mass is 476 g/mol. The second-order valence-electron chi connectivity index (χ2n) is 8.34. The maximum absolute atomic E-state index is 13.0. The van der Waals surface area contributed by atoms with Gasteiger partial charge in [0.1, 0.15) is 0 Å². The van der Waals surface area contributed by atoms with Gasteiger partial charge in [0, 0.05) is 30.4 Å². The fraction of sp³-hybridized carbons (Fsp3) is 0.200. The van der Waals surface area contributed by atoms with Crippen LogP contribution in [0, 0.1) is 0 Å². The number of aromatic amines is 1. The average Bonchev–Trinajstić information content (AvgIpc) is 3.20.